The van der Waals surface area contributed by atoms with E-state index >= 15 is 0 Å². The van der Waals surface area contributed by atoms with E-state index in [1.165, 1.54) is 6.07 Å². The van der Waals surface area contributed by atoms with Crippen molar-refractivity contribution in [1.29, 1.82) is 0 Å². The molecule has 0 unspecified atom stereocenters. The lowest BCUT2D eigenvalue weighted by Gasteiger charge is -2.20. The Morgan fingerprint density at radius 3 is 2.67 bits per heavy atom. The van der Waals surface area contributed by atoms with E-state index in [2.05, 4.69) is 10.5 Å². The summed E-state index contributed by atoms with van der Waals surface area (Å²) in [6, 6.07) is 5.94. The molecule has 1 N–H and O–H groups in total. The summed E-state index contributed by atoms with van der Waals surface area (Å²) >= 11 is 0. The van der Waals surface area contributed by atoms with Crippen molar-refractivity contribution >= 4 is 5.91 Å². The molecule has 1 aromatic heterocycles. The highest BCUT2D eigenvalue weighted by Crippen LogP contribution is 2.26. The fourth-order valence-electron chi connectivity index (χ4n) is 2.67. The highest BCUT2D eigenvalue weighted by atomic mass is 19.1. The number of aryl methyl sites for hydroxylation is 2. The number of nitrogens with zero attached hydrogens (tertiary/aromatic N) is 1. The molecule has 1 amide bonds. The average molecular weight is 334 g/mol. The summed E-state index contributed by atoms with van der Waals surface area (Å²) in [5.74, 6) is -0.0250. The predicted octanol–water partition coefficient (Wildman–Crippen LogP) is 3.51. The summed E-state index contributed by atoms with van der Waals surface area (Å²) in [7, 11) is 0. The zero-order chi connectivity index (χ0) is 17.7. The smallest absolute Gasteiger partial charge is 0.228 e. The molecule has 0 fully saturated rings. The summed E-state index contributed by atoms with van der Waals surface area (Å²) in [5, 5.41) is 6.82. The fraction of sp³-hybridized carbons (Fsp3) is 0.444. The first-order valence-electron chi connectivity index (χ1n) is 8.04. The van der Waals surface area contributed by atoms with Crippen LogP contribution in [0.4, 0.5) is 4.39 Å². The van der Waals surface area contributed by atoms with E-state index in [-0.39, 0.29) is 30.2 Å². The Bertz CT molecular complexity index is 680. The zero-order valence-corrected chi connectivity index (χ0v) is 14.4. The molecule has 0 saturated carbocycles. The molecule has 130 valence electrons. The first kappa shape index (κ1) is 18.0. The van der Waals surface area contributed by atoms with Gasteiger partial charge < -0.3 is 14.6 Å². The minimum Gasteiger partial charge on any atom is -0.488 e. The van der Waals surface area contributed by atoms with Crippen LogP contribution >= 0.6 is 0 Å². The number of nitrogens with one attached hydrogen (secondary N) is 1. The molecular weight excluding hydrogens is 311 g/mol. The van der Waals surface area contributed by atoms with Crippen LogP contribution < -0.4 is 10.1 Å². The van der Waals surface area contributed by atoms with Gasteiger partial charge >= 0.3 is 0 Å². The lowest BCUT2D eigenvalue weighted by atomic mass is 9.94. The normalized spacial score (nSPS) is 13.4. The Hall–Kier alpha value is -2.37. The van der Waals surface area contributed by atoms with Crippen molar-refractivity contribution < 1.29 is 18.4 Å². The van der Waals surface area contributed by atoms with Gasteiger partial charge in [0.25, 0.3) is 0 Å². The largest absolute Gasteiger partial charge is 0.488 e. The molecule has 1 aromatic carbocycles. The van der Waals surface area contributed by atoms with Crippen LogP contribution in [0.15, 0.2) is 28.8 Å². The first-order chi connectivity index (χ1) is 11.4. The summed E-state index contributed by atoms with van der Waals surface area (Å²) in [5.41, 5.74) is 1.56. The van der Waals surface area contributed by atoms with Crippen molar-refractivity contribution in [2.75, 3.05) is 6.61 Å². The number of benzene rings is 1. The van der Waals surface area contributed by atoms with Gasteiger partial charge in [0.2, 0.25) is 5.91 Å². The van der Waals surface area contributed by atoms with Gasteiger partial charge in [0.15, 0.2) is 11.6 Å². The van der Waals surface area contributed by atoms with Crippen molar-refractivity contribution in [2.24, 2.45) is 0 Å². The van der Waals surface area contributed by atoms with Crippen molar-refractivity contribution in [3.8, 4) is 5.75 Å². The van der Waals surface area contributed by atoms with E-state index in [9.17, 15) is 9.18 Å². The highest BCUT2D eigenvalue weighted by molar-refractivity contribution is 5.84. The van der Waals surface area contributed by atoms with E-state index in [1.807, 2.05) is 20.8 Å². The molecule has 0 aliphatic rings. The van der Waals surface area contributed by atoms with E-state index in [1.54, 1.807) is 25.1 Å². The van der Waals surface area contributed by atoms with E-state index in [0.717, 1.165) is 11.3 Å². The Morgan fingerprint density at radius 1 is 1.38 bits per heavy atom. The lowest BCUT2D eigenvalue weighted by Crippen LogP contribution is -2.39. The Morgan fingerprint density at radius 2 is 2.08 bits per heavy atom. The molecule has 0 saturated heterocycles. The molecular formula is C18H23FN2O3. The number of ether oxygens (including phenoxy) is 1. The van der Waals surface area contributed by atoms with Gasteiger partial charge in [-0.3, -0.25) is 4.79 Å². The topological polar surface area (TPSA) is 64.4 Å². The molecule has 0 bridgehead atoms. The second kappa shape index (κ2) is 7.95. The van der Waals surface area contributed by atoms with Crippen LogP contribution in [0, 0.1) is 19.7 Å². The minimum atomic E-state index is -0.418. The van der Waals surface area contributed by atoms with Crippen molar-refractivity contribution in [1.82, 2.24) is 10.5 Å². The molecule has 2 aromatic rings. The maximum absolute atomic E-state index is 13.5. The van der Waals surface area contributed by atoms with Crippen LogP contribution in [0.5, 0.6) is 5.75 Å². The molecule has 2 rings (SSSR count). The van der Waals surface area contributed by atoms with Gasteiger partial charge in [0.05, 0.1) is 17.7 Å². The van der Waals surface area contributed by atoms with Crippen molar-refractivity contribution in [3.63, 3.8) is 0 Å². The van der Waals surface area contributed by atoms with Crippen molar-refractivity contribution in [2.45, 2.75) is 46.1 Å². The van der Waals surface area contributed by atoms with Crippen LogP contribution in [-0.4, -0.2) is 23.7 Å². The van der Waals surface area contributed by atoms with E-state index in [0.29, 0.717) is 12.2 Å². The van der Waals surface area contributed by atoms with Crippen LogP contribution in [0.1, 0.15) is 43.2 Å². The first-order valence-corrected chi connectivity index (χ1v) is 8.04. The van der Waals surface area contributed by atoms with Crippen molar-refractivity contribution in [3.05, 3.63) is 47.1 Å². The molecule has 6 heteroatoms. The van der Waals surface area contributed by atoms with Gasteiger partial charge in [0.1, 0.15) is 12.4 Å². The number of aromatic nitrogens is 1. The van der Waals surface area contributed by atoms with Crippen LogP contribution in [-0.2, 0) is 4.79 Å². The number of carbonyl (C=O) groups is 1. The van der Waals surface area contributed by atoms with E-state index < -0.39 is 5.82 Å². The summed E-state index contributed by atoms with van der Waals surface area (Å²) in [6.45, 7) is 7.57. The maximum atomic E-state index is 13.5. The third-order valence-electron chi connectivity index (χ3n) is 3.88. The number of para-hydroxylation sites is 1. The number of carbonyl (C=O) groups excluding carboxylic acids is 1. The number of amides is 1. The van der Waals surface area contributed by atoms with Gasteiger partial charge in [0, 0.05) is 5.56 Å². The SMILES string of the molecule is CC[C@H](C(=O)N[C@@H](C)COc1ccccc1F)c1c(C)noc1C. The van der Waals surface area contributed by atoms with Gasteiger partial charge in [-0.05, 0) is 39.3 Å². The molecule has 0 aliphatic heterocycles. The molecule has 0 aliphatic carbocycles. The molecule has 24 heavy (non-hydrogen) atoms. The number of halogens is 1. The molecule has 2 atom stereocenters. The number of hydrogen-bond acceptors (Lipinski definition) is 4. The third kappa shape index (κ3) is 4.13. The highest BCUT2D eigenvalue weighted by Gasteiger charge is 2.26. The summed E-state index contributed by atoms with van der Waals surface area (Å²) in [4.78, 5) is 12.6. The fourth-order valence-corrected chi connectivity index (χ4v) is 2.67. The molecule has 0 spiro atoms. The maximum Gasteiger partial charge on any atom is 0.228 e. The van der Waals surface area contributed by atoms with Crippen LogP contribution in [0.2, 0.25) is 0 Å². The Kier molecular flexibility index (Phi) is 5.95. The van der Waals surface area contributed by atoms with Gasteiger partial charge in [-0.25, -0.2) is 4.39 Å². The van der Waals surface area contributed by atoms with Crippen LogP contribution in [0.25, 0.3) is 0 Å². The Balaban J connectivity index is 1.96. The van der Waals surface area contributed by atoms with Gasteiger partial charge in [-0.1, -0.05) is 24.2 Å². The molecule has 5 nitrogen and oxygen atoms in total. The average Bonchev–Trinajstić information content (AvgIpc) is 2.87. The number of rotatable bonds is 7. The minimum absolute atomic E-state index is 0.114. The van der Waals surface area contributed by atoms with E-state index in [4.69, 9.17) is 9.26 Å². The molecule has 1 heterocycles. The van der Waals surface area contributed by atoms with Crippen LogP contribution in [0.3, 0.4) is 0 Å². The van der Waals surface area contributed by atoms with Gasteiger partial charge in [-0.2, -0.15) is 0 Å². The third-order valence-corrected chi connectivity index (χ3v) is 3.88. The summed E-state index contributed by atoms with van der Waals surface area (Å²) in [6.07, 6.45) is 0.635. The quantitative estimate of drug-likeness (QED) is 0.841. The second-order valence-electron chi connectivity index (χ2n) is 5.85. The standard InChI is InChI=1S/C18H23FN2O3/c1-5-14(17-12(3)21-24-13(17)4)18(22)20-11(2)10-23-16-9-7-6-8-15(16)19/h6-9,11,14H,5,10H2,1-4H3,(H,20,22)/t11-,14-/m0/s1. The Labute approximate surface area is 141 Å². The monoisotopic (exact) mass is 334 g/mol. The second-order valence-corrected chi connectivity index (χ2v) is 5.85. The number of hydrogen-bond donors (Lipinski definition) is 1. The lowest BCUT2D eigenvalue weighted by molar-refractivity contribution is -0.123. The zero-order valence-electron chi connectivity index (χ0n) is 14.4. The predicted molar refractivity (Wildman–Crippen MR) is 88.5 cm³/mol. The summed E-state index contributed by atoms with van der Waals surface area (Å²) < 4.78 is 24.1. The van der Waals surface area contributed by atoms with Gasteiger partial charge in [-0.15, -0.1) is 0 Å². The molecule has 0 radical (unpaired) electrons.